The molecule has 2 aromatic heterocycles. The van der Waals surface area contributed by atoms with Gasteiger partial charge in [-0.3, -0.25) is 4.98 Å². The Morgan fingerprint density at radius 1 is 1.05 bits per heavy atom. The van der Waals surface area contributed by atoms with Gasteiger partial charge in [-0.15, -0.1) is 11.3 Å². The third-order valence-electron chi connectivity index (χ3n) is 3.72. The van der Waals surface area contributed by atoms with Crippen molar-refractivity contribution in [1.29, 1.82) is 0 Å². The smallest absolute Gasteiger partial charge is 0.0907 e. The summed E-state index contributed by atoms with van der Waals surface area (Å²) in [6.07, 6.45) is 3.56. The molecular weight excluding hydrogens is 252 g/mol. The zero-order chi connectivity index (χ0) is 12.8. The van der Waals surface area contributed by atoms with E-state index in [1.165, 1.54) is 34.4 Å². The van der Waals surface area contributed by atoms with Crippen LogP contribution in [-0.2, 0) is 12.8 Å². The molecule has 3 aromatic rings. The molecule has 94 valence electrons. The monoisotopic (exact) mass is 266 g/mol. The van der Waals surface area contributed by atoms with E-state index < -0.39 is 0 Å². The largest absolute Gasteiger partial charge is 0.253 e. The van der Waals surface area contributed by atoms with Gasteiger partial charge in [0.15, 0.2) is 0 Å². The minimum absolute atomic E-state index is 1.08. The van der Waals surface area contributed by atoms with Gasteiger partial charge in [0, 0.05) is 11.3 Å². The molecule has 2 heterocycles. The summed E-state index contributed by atoms with van der Waals surface area (Å²) in [4.78, 5) is 9.38. The highest BCUT2D eigenvalue weighted by Gasteiger charge is 2.13. The van der Waals surface area contributed by atoms with Crippen molar-refractivity contribution in [3.63, 3.8) is 0 Å². The summed E-state index contributed by atoms with van der Waals surface area (Å²) in [5.41, 5.74) is 6.05. The number of aryl methyl sites for hydroxylation is 3. The van der Waals surface area contributed by atoms with E-state index in [2.05, 4.69) is 42.2 Å². The molecule has 0 amide bonds. The molecule has 0 fully saturated rings. The van der Waals surface area contributed by atoms with Gasteiger partial charge in [0.1, 0.15) is 0 Å². The Hall–Kier alpha value is -1.74. The van der Waals surface area contributed by atoms with Crippen molar-refractivity contribution in [1.82, 2.24) is 9.97 Å². The standard InChI is InChI=1S/C16H14N2S/c1-10-17-15-9-12(6-8-16(15)19-10)14-7-5-11-3-2-4-13(11)18-14/h5-9H,2-4H2,1H3. The van der Waals surface area contributed by atoms with Crippen LogP contribution < -0.4 is 0 Å². The van der Waals surface area contributed by atoms with Crippen molar-refractivity contribution in [2.45, 2.75) is 26.2 Å². The zero-order valence-electron chi connectivity index (χ0n) is 10.8. The molecule has 0 N–H and O–H groups in total. The van der Waals surface area contributed by atoms with E-state index in [4.69, 9.17) is 4.98 Å². The second kappa shape index (κ2) is 4.14. The van der Waals surface area contributed by atoms with Crippen LogP contribution in [0.1, 0.15) is 22.7 Å². The molecule has 2 nitrogen and oxygen atoms in total. The maximum absolute atomic E-state index is 4.81. The van der Waals surface area contributed by atoms with Crippen molar-refractivity contribution in [2.24, 2.45) is 0 Å². The Bertz CT molecular complexity index is 774. The highest BCUT2D eigenvalue weighted by atomic mass is 32.1. The van der Waals surface area contributed by atoms with Crippen molar-refractivity contribution in [3.05, 3.63) is 46.6 Å². The summed E-state index contributed by atoms with van der Waals surface area (Å²) >= 11 is 1.74. The molecule has 0 saturated heterocycles. The zero-order valence-corrected chi connectivity index (χ0v) is 11.6. The number of hydrogen-bond acceptors (Lipinski definition) is 3. The van der Waals surface area contributed by atoms with Crippen LogP contribution in [0.15, 0.2) is 30.3 Å². The van der Waals surface area contributed by atoms with E-state index in [1.54, 1.807) is 11.3 Å². The molecule has 1 aliphatic carbocycles. The predicted molar refractivity (Wildman–Crippen MR) is 79.6 cm³/mol. The maximum Gasteiger partial charge on any atom is 0.0907 e. The third-order valence-corrected chi connectivity index (χ3v) is 4.67. The summed E-state index contributed by atoms with van der Waals surface area (Å²) in [7, 11) is 0. The van der Waals surface area contributed by atoms with Crippen LogP contribution in [0, 0.1) is 6.92 Å². The predicted octanol–water partition coefficient (Wildman–Crippen LogP) is 4.16. The summed E-state index contributed by atoms with van der Waals surface area (Å²) in [6, 6.07) is 10.8. The second-order valence-corrected chi connectivity index (χ2v) is 6.31. The van der Waals surface area contributed by atoms with Crippen molar-refractivity contribution in [3.8, 4) is 11.3 Å². The van der Waals surface area contributed by atoms with Crippen LogP contribution >= 0.6 is 11.3 Å². The molecule has 3 heteroatoms. The molecule has 0 radical (unpaired) electrons. The molecule has 0 spiro atoms. The summed E-state index contributed by atoms with van der Waals surface area (Å²) in [5, 5.41) is 1.12. The highest BCUT2D eigenvalue weighted by Crippen LogP contribution is 2.28. The number of thiazole rings is 1. The van der Waals surface area contributed by atoms with Gasteiger partial charge in [-0.05, 0) is 49.9 Å². The average molecular weight is 266 g/mol. The van der Waals surface area contributed by atoms with E-state index in [0.29, 0.717) is 0 Å². The Balaban J connectivity index is 1.85. The van der Waals surface area contributed by atoms with Gasteiger partial charge in [0.2, 0.25) is 0 Å². The maximum atomic E-state index is 4.81. The first-order valence-corrected chi connectivity index (χ1v) is 7.47. The van der Waals surface area contributed by atoms with Gasteiger partial charge >= 0.3 is 0 Å². The minimum Gasteiger partial charge on any atom is -0.253 e. The third kappa shape index (κ3) is 1.85. The van der Waals surface area contributed by atoms with Gasteiger partial charge in [0.25, 0.3) is 0 Å². The van der Waals surface area contributed by atoms with Crippen molar-refractivity contribution < 1.29 is 0 Å². The Morgan fingerprint density at radius 3 is 2.95 bits per heavy atom. The molecule has 0 atom stereocenters. The number of rotatable bonds is 1. The van der Waals surface area contributed by atoms with E-state index in [1.807, 2.05) is 0 Å². The summed E-state index contributed by atoms with van der Waals surface area (Å²) in [5.74, 6) is 0. The van der Waals surface area contributed by atoms with Crippen molar-refractivity contribution in [2.75, 3.05) is 0 Å². The first kappa shape index (κ1) is 11.1. The summed E-state index contributed by atoms with van der Waals surface area (Å²) in [6.45, 7) is 2.05. The van der Waals surface area contributed by atoms with Gasteiger partial charge in [-0.25, -0.2) is 4.98 Å². The second-order valence-electron chi connectivity index (χ2n) is 5.07. The lowest BCUT2D eigenvalue weighted by Gasteiger charge is -2.04. The quantitative estimate of drug-likeness (QED) is 0.661. The molecule has 0 unspecified atom stereocenters. The van der Waals surface area contributed by atoms with E-state index in [0.717, 1.165) is 22.6 Å². The molecule has 4 rings (SSSR count). The lowest BCUT2D eigenvalue weighted by Crippen LogP contribution is -1.91. The van der Waals surface area contributed by atoms with Crippen LogP contribution in [0.4, 0.5) is 0 Å². The molecule has 0 aliphatic heterocycles. The SMILES string of the molecule is Cc1nc2cc(-c3ccc4c(n3)CCC4)ccc2s1. The van der Waals surface area contributed by atoms with E-state index in [9.17, 15) is 0 Å². The molecule has 0 bridgehead atoms. The van der Waals surface area contributed by atoms with Crippen LogP contribution in [0.25, 0.3) is 21.5 Å². The van der Waals surface area contributed by atoms with E-state index in [-0.39, 0.29) is 0 Å². The number of benzene rings is 1. The highest BCUT2D eigenvalue weighted by molar-refractivity contribution is 7.18. The number of nitrogens with zero attached hydrogens (tertiary/aromatic N) is 2. The van der Waals surface area contributed by atoms with Crippen molar-refractivity contribution >= 4 is 21.6 Å². The summed E-state index contributed by atoms with van der Waals surface area (Å²) < 4.78 is 1.25. The number of fused-ring (bicyclic) bond motifs is 2. The molecule has 0 saturated carbocycles. The Labute approximate surface area is 116 Å². The molecular formula is C16H14N2S. The molecule has 1 aliphatic rings. The normalized spacial score (nSPS) is 13.9. The molecule has 19 heavy (non-hydrogen) atoms. The van der Waals surface area contributed by atoms with Crippen LogP contribution in [0.2, 0.25) is 0 Å². The Morgan fingerprint density at radius 2 is 2.00 bits per heavy atom. The molecule has 1 aromatic carbocycles. The average Bonchev–Trinajstić information content (AvgIpc) is 3.01. The first-order valence-electron chi connectivity index (χ1n) is 6.66. The van der Waals surface area contributed by atoms with Gasteiger partial charge in [-0.2, -0.15) is 0 Å². The fraction of sp³-hybridized carbons (Fsp3) is 0.250. The van der Waals surface area contributed by atoms with Crippen LogP contribution in [0.5, 0.6) is 0 Å². The number of hydrogen-bond donors (Lipinski definition) is 0. The lowest BCUT2D eigenvalue weighted by molar-refractivity contribution is 0.900. The van der Waals surface area contributed by atoms with Gasteiger partial charge < -0.3 is 0 Å². The Kier molecular flexibility index (Phi) is 2.42. The fourth-order valence-electron chi connectivity index (χ4n) is 2.78. The number of pyridine rings is 1. The lowest BCUT2D eigenvalue weighted by atomic mass is 10.1. The number of aromatic nitrogens is 2. The van der Waals surface area contributed by atoms with Gasteiger partial charge in [-0.1, -0.05) is 12.1 Å². The van der Waals surface area contributed by atoms with Crippen LogP contribution in [0.3, 0.4) is 0 Å². The topological polar surface area (TPSA) is 25.8 Å². The van der Waals surface area contributed by atoms with E-state index >= 15 is 0 Å². The van der Waals surface area contributed by atoms with Crippen LogP contribution in [-0.4, -0.2) is 9.97 Å². The first-order chi connectivity index (χ1) is 9.29. The fourth-order valence-corrected chi connectivity index (χ4v) is 3.59. The van der Waals surface area contributed by atoms with Gasteiger partial charge in [0.05, 0.1) is 20.9 Å². The minimum atomic E-state index is 1.08.